The van der Waals surface area contributed by atoms with Gasteiger partial charge in [-0.15, -0.1) is 0 Å². The number of hydrogen-bond acceptors (Lipinski definition) is 5. The van der Waals surface area contributed by atoms with Crippen LogP contribution in [0.15, 0.2) is 30.3 Å². The molecule has 0 fully saturated rings. The molecule has 0 spiro atoms. The van der Waals surface area contributed by atoms with Gasteiger partial charge in [0.15, 0.2) is 0 Å². The molecule has 6 heteroatoms. The van der Waals surface area contributed by atoms with Gasteiger partial charge in [0.1, 0.15) is 5.75 Å². The summed E-state index contributed by atoms with van der Waals surface area (Å²) in [5.41, 5.74) is 5.51. The Balaban J connectivity index is 2.23. The van der Waals surface area contributed by atoms with Crippen molar-refractivity contribution in [1.82, 2.24) is 9.97 Å². The normalized spacial score (nSPS) is 10.0. The molecule has 5 nitrogen and oxygen atoms in total. The van der Waals surface area contributed by atoms with Crippen LogP contribution >= 0.6 is 11.6 Å². The van der Waals surface area contributed by atoms with Crippen LogP contribution in [0.5, 0.6) is 17.5 Å². The molecule has 0 atom stereocenters. The van der Waals surface area contributed by atoms with Crippen molar-refractivity contribution >= 4 is 17.5 Å². The van der Waals surface area contributed by atoms with Gasteiger partial charge < -0.3 is 15.2 Å². The first-order chi connectivity index (χ1) is 8.17. The smallest absolute Gasteiger partial charge is 0.227 e. The molecule has 1 aromatic carbocycles. The van der Waals surface area contributed by atoms with E-state index in [1.165, 1.54) is 7.11 Å². The van der Waals surface area contributed by atoms with Gasteiger partial charge in [-0.2, -0.15) is 9.97 Å². The first-order valence-corrected chi connectivity index (χ1v) is 5.17. The van der Waals surface area contributed by atoms with Crippen LogP contribution in [0.2, 0.25) is 5.02 Å². The number of methoxy groups -OCH3 is 1. The second-order valence-electron chi connectivity index (χ2n) is 3.16. The summed E-state index contributed by atoms with van der Waals surface area (Å²) in [6.45, 7) is 0. The lowest BCUT2D eigenvalue weighted by Gasteiger charge is -2.06. The average molecular weight is 252 g/mol. The summed E-state index contributed by atoms with van der Waals surface area (Å²) in [6.07, 6.45) is 0. The maximum absolute atomic E-state index is 5.77. The van der Waals surface area contributed by atoms with Crippen molar-refractivity contribution in [3.8, 4) is 17.5 Å². The molecular formula is C11H10ClN3O2. The Morgan fingerprint density at radius 3 is 2.41 bits per heavy atom. The number of ether oxygens (including phenoxy) is 2. The van der Waals surface area contributed by atoms with Crippen LogP contribution < -0.4 is 15.2 Å². The molecule has 17 heavy (non-hydrogen) atoms. The predicted octanol–water partition coefficient (Wildman–Crippen LogP) is 2.51. The fourth-order valence-corrected chi connectivity index (χ4v) is 1.33. The largest absolute Gasteiger partial charge is 0.481 e. The summed E-state index contributed by atoms with van der Waals surface area (Å²) < 4.78 is 10.4. The van der Waals surface area contributed by atoms with Crippen LogP contribution in [0.4, 0.5) is 5.95 Å². The van der Waals surface area contributed by atoms with Crippen LogP contribution in [-0.2, 0) is 0 Å². The zero-order chi connectivity index (χ0) is 12.3. The minimum Gasteiger partial charge on any atom is -0.481 e. The molecule has 2 rings (SSSR count). The fourth-order valence-electron chi connectivity index (χ4n) is 1.20. The topological polar surface area (TPSA) is 70.3 Å². The second kappa shape index (κ2) is 4.88. The van der Waals surface area contributed by atoms with Gasteiger partial charge in [-0.3, -0.25) is 0 Å². The highest BCUT2D eigenvalue weighted by molar-refractivity contribution is 6.30. The van der Waals surface area contributed by atoms with Gasteiger partial charge in [-0.1, -0.05) is 11.6 Å². The molecule has 0 saturated heterocycles. The van der Waals surface area contributed by atoms with E-state index in [-0.39, 0.29) is 5.95 Å². The quantitative estimate of drug-likeness (QED) is 0.908. The van der Waals surface area contributed by atoms with E-state index >= 15 is 0 Å². The number of aromatic nitrogens is 2. The second-order valence-corrected chi connectivity index (χ2v) is 3.60. The molecule has 0 aliphatic rings. The number of halogens is 1. The first-order valence-electron chi connectivity index (χ1n) is 4.79. The van der Waals surface area contributed by atoms with Gasteiger partial charge in [-0.05, 0) is 24.3 Å². The molecule has 0 amide bonds. The Morgan fingerprint density at radius 1 is 1.12 bits per heavy atom. The van der Waals surface area contributed by atoms with E-state index in [2.05, 4.69) is 9.97 Å². The lowest BCUT2D eigenvalue weighted by Crippen LogP contribution is -1.99. The SMILES string of the molecule is COc1cc(Oc2ccc(Cl)cc2)nc(N)n1. The van der Waals surface area contributed by atoms with Gasteiger partial charge in [0.05, 0.1) is 13.2 Å². The molecule has 2 N–H and O–H groups in total. The van der Waals surface area contributed by atoms with Crippen LogP contribution in [-0.4, -0.2) is 17.1 Å². The predicted molar refractivity (Wildman–Crippen MR) is 64.5 cm³/mol. The summed E-state index contributed by atoms with van der Waals surface area (Å²) in [6, 6.07) is 8.45. The molecule has 2 aromatic rings. The molecule has 0 radical (unpaired) electrons. The van der Waals surface area contributed by atoms with Crippen LogP contribution in [0.3, 0.4) is 0 Å². The van der Waals surface area contributed by atoms with E-state index in [1.54, 1.807) is 30.3 Å². The van der Waals surface area contributed by atoms with E-state index in [0.717, 1.165) is 0 Å². The minimum atomic E-state index is 0.0910. The van der Waals surface area contributed by atoms with Gasteiger partial charge in [0, 0.05) is 5.02 Å². The number of rotatable bonds is 3. The molecule has 0 aliphatic heterocycles. The van der Waals surface area contributed by atoms with Crippen molar-refractivity contribution in [3.63, 3.8) is 0 Å². The Hall–Kier alpha value is -2.01. The molecule has 0 bridgehead atoms. The number of nitrogen functional groups attached to an aromatic ring is 1. The Bertz CT molecular complexity index is 517. The van der Waals surface area contributed by atoms with Crippen LogP contribution in [0.25, 0.3) is 0 Å². The van der Waals surface area contributed by atoms with E-state index in [0.29, 0.717) is 22.5 Å². The average Bonchev–Trinajstić information content (AvgIpc) is 2.31. The maximum Gasteiger partial charge on any atom is 0.227 e. The van der Waals surface area contributed by atoms with Gasteiger partial charge >= 0.3 is 0 Å². The summed E-state index contributed by atoms with van der Waals surface area (Å²) in [5, 5.41) is 0.636. The third-order valence-corrected chi connectivity index (χ3v) is 2.19. The van der Waals surface area contributed by atoms with E-state index in [4.69, 9.17) is 26.8 Å². The Morgan fingerprint density at radius 2 is 1.76 bits per heavy atom. The Kier molecular flexibility index (Phi) is 3.30. The third-order valence-electron chi connectivity index (χ3n) is 1.94. The van der Waals surface area contributed by atoms with Gasteiger partial charge in [0.25, 0.3) is 0 Å². The van der Waals surface area contributed by atoms with E-state index in [1.807, 2.05) is 0 Å². The van der Waals surface area contributed by atoms with Crippen molar-refractivity contribution in [3.05, 3.63) is 35.4 Å². The maximum atomic E-state index is 5.77. The summed E-state index contributed by atoms with van der Waals surface area (Å²) in [7, 11) is 1.49. The highest BCUT2D eigenvalue weighted by atomic mass is 35.5. The monoisotopic (exact) mass is 251 g/mol. The first kappa shape index (κ1) is 11.5. The van der Waals surface area contributed by atoms with Crippen molar-refractivity contribution in [2.75, 3.05) is 12.8 Å². The van der Waals surface area contributed by atoms with Crippen molar-refractivity contribution in [2.24, 2.45) is 0 Å². The molecule has 0 aliphatic carbocycles. The molecule has 88 valence electrons. The molecule has 0 saturated carbocycles. The summed E-state index contributed by atoms with van der Waals surface area (Å²) >= 11 is 5.77. The fraction of sp³-hybridized carbons (Fsp3) is 0.0909. The van der Waals surface area contributed by atoms with E-state index < -0.39 is 0 Å². The summed E-state index contributed by atoms with van der Waals surface area (Å²) in [5.74, 6) is 1.36. The number of anilines is 1. The number of nitrogens with zero attached hydrogens (tertiary/aromatic N) is 2. The molecule has 1 aromatic heterocycles. The van der Waals surface area contributed by atoms with Crippen molar-refractivity contribution in [2.45, 2.75) is 0 Å². The van der Waals surface area contributed by atoms with Gasteiger partial charge in [-0.25, -0.2) is 0 Å². The van der Waals surface area contributed by atoms with E-state index in [9.17, 15) is 0 Å². The molecular weight excluding hydrogens is 242 g/mol. The van der Waals surface area contributed by atoms with Crippen molar-refractivity contribution in [1.29, 1.82) is 0 Å². The standard InChI is InChI=1S/C11H10ClN3O2/c1-16-9-6-10(15-11(13)14-9)17-8-4-2-7(12)3-5-8/h2-6H,1H3,(H2,13,14,15). The third kappa shape index (κ3) is 2.98. The zero-order valence-electron chi connectivity index (χ0n) is 9.05. The molecule has 0 unspecified atom stereocenters. The molecule has 1 heterocycles. The summed E-state index contributed by atoms with van der Waals surface area (Å²) in [4.78, 5) is 7.78. The highest BCUT2D eigenvalue weighted by Crippen LogP contribution is 2.24. The number of nitrogens with two attached hydrogens (primary N) is 1. The lowest BCUT2D eigenvalue weighted by atomic mass is 10.3. The Labute approximate surface area is 103 Å². The number of hydrogen-bond donors (Lipinski definition) is 1. The van der Waals surface area contributed by atoms with Crippen molar-refractivity contribution < 1.29 is 9.47 Å². The van der Waals surface area contributed by atoms with Crippen LogP contribution in [0.1, 0.15) is 0 Å². The van der Waals surface area contributed by atoms with Crippen LogP contribution in [0, 0.1) is 0 Å². The lowest BCUT2D eigenvalue weighted by molar-refractivity contribution is 0.389. The number of benzene rings is 1. The zero-order valence-corrected chi connectivity index (χ0v) is 9.81. The highest BCUT2D eigenvalue weighted by Gasteiger charge is 2.04. The van der Waals surface area contributed by atoms with Gasteiger partial charge in [0.2, 0.25) is 17.7 Å². The minimum absolute atomic E-state index is 0.0910.